The van der Waals surface area contributed by atoms with Gasteiger partial charge in [0, 0.05) is 36.4 Å². The van der Waals surface area contributed by atoms with Gasteiger partial charge in [0.25, 0.3) is 0 Å². The van der Waals surface area contributed by atoms with Gasteiger partial charge < -0.3 is 19.3 Å². The molecule has 1 amide bonds. The first kappa shape index (κ1) is 27.8. The van der Waals surface area contributed by atoms with Gasteiger partial charge in [-0.05, 0) is 81.6 Å². The highest BCUT2D eigenvalue weighted by atomic mass is 79.9. The van der Waals surface area contributed by atoms with E-state index in [0.717, 1.165) is 31.2 Å². The molecule has 2 aromatic rings. The molecule has 1 aromatic heterocycles. The number of nitrogens with zero attached hydrogens (tertiary/aromatic N) is 6. The summed E-state index contributed by atoms with van der Waals surface area (Å²) in [7, 11) is 1.95. The van der Waals surface area contributed by atoms with Crippen molar-refractivity contribution in [2.45, 2.75) is 82.8 Å². The van der Waals surface area contributed by atoms with Crippen molar-refractivity contribution in [3.8, 4) is 12.1 Å². The molecule has 9 nitrogen and oxygen atoms in total. The van der Waals surface area contributed by atoms with E-state index in [1.54, 1.807) is 17.0 Å². The highest BCUT2D eigenvalue weighted by Gasteiger charge is 2.49. The molecule has 0 N–H and O–H groups in total. The standard InChI is InChI=1S/C28H36BrFN6O3/c1-17-23(7-10-36(17)26(37)39-27(2,3)4)34(5)24-20-11-18(14-31)21(29)12-22(20)32-25(33-24)38-16-28-8-6-9-35(28)15-19(30)13-28/h11-12,17,19,23H,6-10,13,15-16H2,1-5H3/t17-,19-,23-,28+/m1/s1. The van der Waals surface area contributed by atoms with Crippen LogP contribution in [0.25, 0.3) is 10.9 Å². The molecular formula is C28H36BrFN6O3. The summed E-state index contributed by atoms with van der Waals surface area (Å²) in [6, 6.07) is 5.86. The van der Waals surface area contributed by atoms with E-state index in [1.807, 2.05) is 39.6 Å². The van der Waals surface area contributed by atoms with E-state index in [0.29, 0.717) is 47.5 Å². The Morgan fingerprint density at radius 1 is 1.33 bits per heavy atom. The second-order valence-corrected chi connectivity index (χ2v) is 12.9. The minimum Gasteiger partial charge on any atom is -0.461 e. The van der Waals surface area contributed by atoms with Crippen molar-refractivity contribution in [1.29, 1.82) is 5.26 Å². The van der Waals surface area contributed by atoms with Crippen LogP contribution in [0.2, 0.25) is 0 Å². The Balaban J connectivity index is 1.46. The number of hydrogen-bond acceptors (Lipinski definition) is 8. The summed E-state index contributed by atoms with van der Waals surface area (Å²) in [5.41, 5.74) is 0.220. The van der Waals surface area contributed by atoms with Crippen LogP contribution in [0, 0.1) is 11.3 Å². The Kier molecular flexibility index (Phi) is 7.40. The molecule has 0 unspecified atom stereocenters. The fraction of sp³-hybridized carbons (Fsp3) is 0.643. The number of amides is 1. The fourth-order valence-corrected chi connectivity index (χ4v) is 6.78. The van der Waals surface area contributed by atoms with Crippen LogP contribution < -0.4 is 9.64 Å². The van der Waals surface area contributed by atoms with Crippen LogP contribution >= 0.6 is 15.9 Å². The third-order valence-electron chi connectivity index (χ3n) is 8.27. The summed E-state index contributed by atoms with van der Waals surface area (Å²) in [5, 5.41) is 10.4. The second kappa shape index (κ2) is 10.4. The number of carbonyl (C=O) groups is 1. The number of anilines is 1. The fourth-order valence-electron chi connectivity index (χ4n) is 6.36. The van der Waals surface area contributed by atoms with Crippen molar-refractivity contribution in [3.05, 3.63) is 22.2 Å². The van der Waals surface area contributed by atoms with Crippen LogP contribution in [-0.4, -0.2) is 88.5 Å². The number of ether oxygens (including phenoxy) is 2. The van der Waals surface area contributed by atoms with E-state index >= 15 is 0 Å². The van der Waals surface area contributed by atoms with Crippen molar-refractivity contribution in [3.63, 3.8) is 0 Å². The number of fused-ring (bicyclic) bond motifs is 2. The predicted molar refractivity (Wildman–Crippen MR) is 150 cm³/mol. The molecule has 11 heteroatoms. The van der Waals surface area contributed by atoms with E-state index in [2.05, 4.69) is 31.9 Å². The first-order valence-corrected chi connectivity index (χ1v) is 14.4. The van der Waals surface area contributed by atoms with Crippen LogP contribution in [0.5, 0.6) is 6.01 Å². The Morgan fingerprint density at radius 3 is 2.82 bits per heavy atom. The van der Waals surface area contributed by atoms with Crippen LogP contribution in [0.3, 0.4) is 0 Å². The molecule has 4 heterocycles. The summed E-state index contributed by atoms with van der Waals surface area (Å²) >= 11 is 3.48. The largest absolute Gasteiger partial charge is 0.461 e. The van der Waals surface area contributed by atoms with Gasteiger partial charge in [-0.25, -0.2) is 9.18 Å². The topological polar surface area (TPSA) is 94.8 Å². The summed E-state index contributed by atoms with van der Waals surface area (Å²) < 4.78 is 26.8. The Labute approximate surface area is 237 Å². The molecule has 210 valence electrons. The van der Waals surface area contributed by atoms with Gasteiger partial charge >= 0.3 is 12.1 Å². The Bertz CT molecular complexity index is 1310. The summed E-state index contributed by atoms with van der Waals surface area (Å²) in [6.45, 7) is 9.81. The molecule has 3 aliphatic heterocycles. The van der Waals surface area contributed by atoms with Crippen LogP contribution in [0.1, 0.15) is 58.9 Å². The van der Waals surface area contributed by atoms with E-state index < -0.39 is 11.8 Å². The second-order valence-electron chi connectivity index (χ2n) is 12.0. The number of halogens is 2. The van der Waals surface area contributed by atoms with Crippen LogP contribution in [0.15, 0.2) is 16.6 Å². The molecular weight excluding hydrogens is 567 g/mol. The third kappa shape index (κ3) is 5.38. The highest BCUT2D eigenvalue weighted by molar-refractivity contribution is 9.10. The van der Waals surface area contributed by atoms with E-state index in [1.165, 1.54) is 0 Å². The van der Waals surface area contributed by atoms with Gasteiger partial charge in [-0.1, -0.05) is 0 Å². The number of aromatic nitrogens is 2. The Morgan fingerprint density at radius 2 is 2.10 bits per heavy atom. The normalized spacial score (nSPS) is 27.0. The first-order valence-electron chi connectivity index (χ1n) is 13.6. The number of rotatable bonds is 5. The molecule has 0 radical (unpaired) electrons. The summed E-state index contributed by atoms with van der Waals surface area (Å²) in [5.74, 6) is 0.623. The van der Waals surface area contributed by atoms with Crippen molar-refractivity contribution < 1.29 is 18.7 Å². The summed E-state index contributed by atoms with van der Waals surface area (Å²) in [4.78, 5) is 28.4. The summed E-state index contributed by atoms with van der Waals surface area (Å²) in [6.07, 6.45) is 1.94. The maximum Gasteiger partial charge on any atom is 0.410 e. The maximum atomic E-state index is 14.3. The Hall–Kier alpha value is -2.71. The lowest BCUT2D eigenvalue weighted by molar-refractivity contribution is 0.0233. The van der Waals surface area contributed by atoms with Crippen molar-refractivity contribution >= 4 is 38.7 Å². The van der Waals surface area contributed by atoms with Gasteiger partial charge in [0.2, 0.25) is 0 Å². The molecule has 3 saturated heterocycles. The zero-order valence-corrected chi connectivity index (χ0v) is 24.8. The minimum atomic E-state index is -0.842. The average molecular weight is 604 g/mol. The quantitative estimate of drug-likeness (QED) is 0.469. The molecule has 3 fully saturated rings. The van der Waals surface area contributed by atoms with E-state index in [9.17, 15) is 14.4 Å². The monoisotopic (exact) mass is 602 g/mol. The molecule has 0 aliphatic carbocycles. The maximum absolute atomic E-state index is 14.3. The lowest BCUT2D eigenvalue weighted by atomic mass is 9.95. The highest BCUT2D eigenvalue weighted by Crippen LogP contribution is 2.41. The van der Waals surface area contributed by atoms with E-state index in [-0.39, 0.29) is 29.7 Å². The molecule has 1 aromatic carbocycles. The van der Waals surface area contributed by atoms with E-state index in [4.69, 9.17) is 14.5 Å². The molecule has 0 spiro atoms. The SMILES string of the molecule is C[C@@H]1[C@H](N(C)c2nc(OC[C@@]34CCCN3C[C@H](F)C4)nc3cc(Br)c(C#N)cc23)CCN1C(=O)OC(C)(C)C. The number of hydrogen-bond donors (Lipinski definition) is 0. The minimum absolute atomic E-state index is 0.0382. The number of likely N-dealkylation sites (tertiary alicyclic amines) is 1. The molecule has 39 heavy (non-hydrogen) atoms. The number of nitriles is 1. The molecule has 0 bridgehead atoms. The number of alkyl halides is 1. The lowest BCUT2D eigenvalue weighted by Gasteiger charge is -2.33. The van der Waals surface area contributed by atoms with Gasteiger partial charge in [0.15, 0.2) is 0 Å². The lowest BCUT2D eigenvalue weighted by Crippen LogP contribution is -2.45. The van der Waals surface area contributed by atoms with Gasteiger partial charge in [0.1, 0.15) is 30.3 Å². The van der Waals surface area contributed by atoms with Crippen molar-refractivity contribution in [2.24, 2.45) is 0 Å². The number of carbonyl (C=O) groups excluding carboxylic acids is 1. The van der Waals surface area contributed by atoms with Crippen molar-refractivity contribution in [1.82, 2.24) is 19.8 Å². The van der Waals surface area contributed by atoms with Gasteiger partial charge in [-0.3, -0.25) is 4.90 Å². The number of likely N-dealkylation sites (N-methyl/N-ethyl adjacent to an activating group) is 1. The zero-order chi connectivity index (χ0) is 28.1. The van der Waals surface area contributed by atoms with Crippen LogP contribution in [0.4, 0.5) is 15.0 Å². The number of benzene rings is 1. The smallest absolute Gasteiger partial charge is 0.410 e. The van der Waals surface area contributed by atoms with Gasteiger partial charge in [-0.15, -0.1) is 0 Å². The molecule has 5 rings (SSSR count). The van der Waals surface area contributed by atoms with Gasteiger partial charge in [0.05, 0.1) is 28.7 Å². The molecule has 0 saturated carbocycles. The zero-order valence-electron chi connectivity index (χ0n) is 23.2. The predicted octanol–water partition coefficient (Wildman–Crippen LogP) is 5.05. The first-order chi connectivity index (χ1) is 18.4. The van der Waals surface area contributed by atoms with Crippen molar-refractivity contribution in [2.75, 3.05) is 38.2 Å². The van der Waals surface area contributed by atoms with Gasteiger partial charge in [-0.2, -0.15) is 15.2 Å². The molecule has 3 aliphatic rings. The van der Waals surface area contributed by atoms with Crippen LogP contribution in [-0.2, 0) is 4.74 Å². The third-order valence-corrected chi connectivity index (χ3v) is 8.93. The molecule has 4 atom stereocenters. The average Bonchev–Trinajstić information content (AvgIpc) is 3.51.